The van der Waals surface area contributed by atoms with Gasteiger partial charge in [-0.15, -0.1) is 0 Å². The molecule has 2 aromatic rings. The van der Waals surface area contributed by atoms with E-state index in [4.69, 9.17) is 9.47 Å². The lowest BCUT2D eigenvalue weighted by Gasteiger charge is -2.26. The fraction of sp³-hybridized carbons (Fsp3) is 0.350. The fourth-order valence-electron chi connectivity index (χ4n) is 2.94. The summed E-state index contributed by atoms with van der Waals surface area (Å²) >= 11 is 0. The summed E-state index contributed by atoms with van der Waals surface area (Å²) in [6, 6.07) is 16.0. The van der Waals surface area contributed by atoms with Gasteiger partial charge in [0.2, 0.25) is 12.7 Å². The Morgan fingerprint density at radius 1 is 1.04 bits per heavy atom. The Hall–Kier alpha value is -2.49. The molecule has 1 aliphatic heterocycles. The van der Waals surface area contributed by atoms with Crippen LogP contribution in [0.1, 0.15) is 31.4 Å². The van der Waals surface area contributed by atoms with Gasteiger partial charge in [-0.1, -0.05) is 36.4 Å². The van der Waals surface area contributed by atoms with Gasteiger partial charge in [-0.05, 0) is 49.9 Å². The van der Waals surface area contributed by atoms with E-state index in [1.54, 1.807) is 0 Å². The van der Waals surface area contributed by atoms with Crippen LogP contribution in [0.25, 0.3) is 0 Å². The Labute approximate surface area is 142 Å². The third kappa shape index (κ3) is 4.28. The minimum Gasteiger partial charge on any atom is -0.454 e. The highest BCUT2D eigenvalue weighted by Crippen LogP contribution is 2.32. The quantitative estimate of drug-likeness (QED) is 0.884. The van der Waals surface area contributed by atoms with E-state index in [0.717, 1.165) is 23.5 Å². The van der Waals surface area contributed by atoms with Gasteiger partial charge in [-0.25, -0.2) is 0 Å². The lowest BCUT2D eigenvalue weighted by atomic mass is 9.94. The number of nitrogens with one attached hydrogen (secondary N) is 1. The summed E-state index contributed by atoms with van der Waals surface area (Å²) in [5, 5.41) is 3.13. The zero-order valence-corrected chi connectivity index (χ0v) is 14.2. The van der Waals surface area contributed by atoms with Crippen LogP contribution in [-0.4, -0.2) is 18.2 Å². The SMILES string of the molecule is CC(C)(Cc1ccccc1)NC(=O)CCc1ccc2c(c1)OCO2. The monoisotopic (exact) mass is 325 g/mol. The van der Waals surface area contributed by atoms with Crippen LogP contribution in [0.4, 0.5) is 0 Å². The molecule has 0 aromatic heterocycles. The van der Waals surface area contributed by atoms with Gasteiger partial charge in [-0.2, -0.15) is 0 Å². The molecule has 24 heavy (non-hydrogen) atoms. The highest BCUT2D eigenvalue weighted by Gasteiger charge is 2.21. The number of aryl methyl sites for hydroxylation is 1. The molecule has 0 aliphatic carbocycles. The van der Waals surface area contributed by atoms with E-state index < -0.39 is 0 Å². The van der Waals surface area contributed by atoms with Crippen LogP contribution in [-0.2, 0) is 17.6 Å². The molecule has 0 saturated carbocycles. The maximum absolute atomic E-state index is 12.3. The van der Waals surface area contributed by atoms with Crippen LogP contribution in [0.3, 0.4) is 0 Å². The Bertz CT molecular complexity index is 710. The molecule has 3 rings (SSSR count). The molecule has 0 saturated heterocycles. The first-order valence-corrected chi connectivity index (χ1v) is 8.25. The maximum Gasteiger partial charge on any atom is 0.231 e. The van der Waals surface area contributed by atoms with Crippen molar-refractivity contribution in [3.05, 3.63) is 59.7 Å². The number of amides is 1. The van der Waals surface area contributed by atoms with Gasteiger partial charge < -0.3 is 14.8 Å². The number of carbonyl (C=O) groups excluding carboxylic acids is 1. The van der Waals surface area contributed by atoms with Gasteiger partial charge in [0.05, 0.1) is 0 Å². The lowest BCUT2D eigenvalue weighted by molar-refractivity contribution is -0.122. The number of rotatable bonds is 6. The van der Waals surface area contributed by atoms with E-state index in [9.17, 15) is 4.79 Å². The van der Waals surface area contributed by atoms with Crippen LogP contribution >= 0.6 is 0 Å². The standard InChI is InChI=1S/C20H23NO3/c1-20(2,13-16-6-4-3-5-7-16)21-19(22)11-9-15-8-10-17-18(12-15)24-14-23-17/h3-8,10,12H,9,11,13-14H2,1-2H3,(H,21,22). The molecule has 1 N–H and O–H groups in total. The van der Waals surface area contributed by atoms with Crippen molar-refractivity contribution in [1.29, 1.82) is 0 Å². The van der Waals surface area contributed by atoms with Crippen molar-refractivity contribution in [3.8, 4) is 11.5 Å². The molecule has 126 valence electrons. The topological polar surface area (TPSA) is 47.6 Å². The Morgan fingerprint density at radius 3 is 2.58 bits per heavy atom. The molecule has 0 spiro atoms. The first-order valence-electron chi connectivity index (χ1n) is 8.25. The predicted molar refractivity (Wildman–Crippen MR) is 93.3 cm³/mol. The molecule has 0 bridgehead atoms. The molecule has 1 aliphatic rings. The maximum atomic E-state index is 12.3. The molecule has 2 aromatic carbocycles. The van der Waals surface area contributed by atoms with Gasteiger partial charge in [0.1, 0.15) is 0 Å². The van der Waals surface area contributed by atoms with E-state index in [1.807, 2.05) is 36.4 Å². The van der Waals surface area contributed by atoms with Crippen molar-refractivity contribution in [3.63, 3.8) is 0 Å². The molecular formula is C20H23NO3. The van der Waals surface area contributed by atoms with E-state index in [0.29, 0.717) is 12.8 Å². The molecule has 0 fully saturated rings. The van der Waals surface area contributed by atoms with Crippen molar-refractivity contribution in [2.45, 2.75) is 38.6 Å². The zero-order valence-electron chi connectivity index (χ0n) is 14.2. The number of benzene rings is 2. The van der Waals surface area contributed by atoms with Crippen LogP contribution in [0.15, 0.2) is 48.5 Å². The van der Waals surface area contributed by atoms with Crippen LogP contribution in [0.5, 0.6) is 11.5 Å². The van der Waals surface area contributed by atoms with E-state index in [1.165, 1.54) is 5.56 Å². The van der Waals surface area contributed by atoms with Crippen LogP contribution in [0, 0.1) is 0 Å². The lowest BCUT2D eigenvalue weighted by Crippen LogP contribution is -2.45. The predicted octanol–water partition coefficient (Wildman–Crippen LogP) is 3.49. The van der Waals surface area contributed by atoms with Gasteiger partial charge in [-0.3, -0.25) is 4.79 Å². The van der Waals surface area contributed by atoms with Gasteiger partial charge >= 0.3 is 0 Å². The summed E-state index contributed by atoms with van der Waals surface area (Å²) in [6.45, 7) is 4.38. The first kappa shape index (κ1) is 16.4. The van der Waals surface area contributed by atoms with E-state index >= 15 is 0 Å². The number of hydrogen-bond donors (Lipinski definition) is 1. The summed E-state index contributed by atoms with van der Waals surface area (Å²) in [4.78, 5) is 12.3. The molecule has 4 heteroatoms. The zero-order chi connectivity index (χ0) is 17.0. The third-order valence-corrected chi connectivity index (χ3v) is 4.04. The molecule has 0 radical (unpaired) electrons. The second-order valence-electron chi connectivity index (χ2n) is 6.78. The number of fused-ring (bicyclic) bond motifs is 1. The van der Waals surface area contributed by atoms with Crippen molar-refractivity contribution >= 4 is 5.91 Å². The van der Waals surface area contributed by atoms with E-state index in [2.05, 4.69) is 31.3 Å². The number of hydrogen-bond acceptors (Lipinski definition) is 3. The highest BCUT2D eigenvalue weighted by molar-refractivity contribution is 5.77. The Balaban J connectivity index is 1.51. The molecule has 0 unspecified atom stereocenters. The summed E-state index contributed by atoms with van der Waals surface area (Å²) < 4.78 is 10.7. The molecule has 1 heterocycles. The summed E-state index contributed by atoms with van der Waals surface area (Å²) in [5.74, 6) is 1.60. The molecule has 1 amide bonds. The highest BCUT2D eigenvalue weighted by atomic mass is 16.7. The minimum absolute atomic E-state index is 0.0635. The average Bonchev–Trinajstić information content (AvgIpc) is 3.00. The largest absolute Gasteiger partial charge is 0.454 e. The summed E-state index contributed by atoms with van der Waals surface area (Å²) in [6.07, 6.45) is 1.95. The van der Waals surface area contributed by atoms with Crippen molar-refractivity contribution in [2.24, 2.45) is 0 Å². The minimum atomic E-state index is -0.271. The molecule has 4 nitrogen and oxygen atoms in total. The van der Waals surface area contributed by atoms with E-state index in [-0.39, 0.29) is 18.2 Å². The molecule has 0 atom stereocenters. The van der Waals surface area contributed by atoms with Crippen molar-refractivity contribution in [2.75, 3.05) is 6.79 Å². The second-order valence-corrected chi connectivity index (χ2v) is 6.78. The van der Waals surface area contributed by atoms with Crippen molar-refractivity contribution in [1.82, 2.24) is 5.32 Å². The average molecular weight is 325 g/mol. The van der Waals surface area contributed by atoms with Crippen LogP contribution in [0.2, 0.25) is 0 Å². The van der Waals surface area contributed by atoms with Crippen LogP contribution < -0.4 is 14.8 Å². The fourth-order valence-corrected chi connectivity index (χ4v) is 2.94. The number of carbonyl (C=O) groups is 1. The van der Waals surface area contributed by atoms with Crippen molar-refractivity contribution < 1.29 is 14.3 Å². The summed E-state index contributed by atoms with van der Waals surface area (Å²) in [5.41, 5.74) is 2.03. The van der Waals surface area contributed by atoms with Gasteiger partial charge in [0.25, 0.3) is 0 Å². The normalized spacial score (nSPS) is 12.9. The van der Waals surface area contributed by atoms with Gasteiger partial charge in [0.15, 0.2) is 11.5 Å². The Morgan fingerprint density at radius 2 is 1.79 bits per heavy atom. The van der Waals surface area contributed by atoms with Gasteiger partial charge in [0, 0.05) is 12.0 Å². The second kappa shape index (κ2) is 6.95. The Kier molecular flexibility index (Phi) is 4.74. The third-order valence-electron chi connectivity index (χ3n) is 4.04. The number of ether oxygens (including phenoxy) is 2. The first-order chi connectivity index (χ1) is 11.5. The molecular weight excluding hydrogens is 302 g/mol. The smallest absolute Gasteiger partial charge is 0.231 e. The summed E-state index contributed by atoms with van der Waals surface area (Å²) in [7, 11) is 0.